The fourth-order valence-electron chi connectivity index (χ4n) is 2.46. The minimum atomic E-state index is -0.746. The number of thiazole rings is 1. The topological polar surface area (TPSA) is 80.3 Å². The summed E-state index contributed by atoms with van der Waals surface area (Å²) in [6.07, 6.45) is 0.526. The number of para-hydroxylation sites is 2. The Kier molecular flexibility index (Phi) is 6.62. The van der Waals surface area contributed by atoms with Gasteiger partial charge >= 0.3 is 11.8 Å². The average Bonchev–Trinajstić information content (AvgIpc) is 3.17. The molecule has 0 radical (unpaired) electrons. The number of ether oxygens (including phenoxy) is 1. The summed E-state index contributed by atoms with van der Waals surface area (Å²) in [4.78, 5) is 28.6. The number of nitrogens with zero attached hydrogens (tertiary/aromatic N) is 1. The van der Waals surface area contributed by atoms with Crippen LogP contribution in [0.25, 0.3) is 10.6 Å². The molecule has 0 unspecified atom stereocenters. The van der Waals surface area contributed by atoms with Crippen LogP contribution < -0.4 is 15.4 Å². The summed E-state index contributed by atoms with van der Waals surface area (Å²) < 4.78 is 5.15. The first kappa shape index (κ1) is 19.9. The number of methoxy groups -OCH3 is 1. The third kappa shape index (κ3) is 5.09. The minimum Gasteiger partial charge on any atom is -0.495 e. The Hall–Kier alpha value is -2.90. The van der Waals surface area contributed by atoms with E-state index in [0.717, 1.165) is 16.3 Å². The molecule has 6 nitrogen and oxygen atoms in total. The zero-order valence-corrected chi connectivity index (χ0v) is 16.6. The summed E-state index contributed by atoms with van der Waals surface area (Å²) in [7, 11) is 1.50. The van der Waals surface area contributed by atoms with Gasteiger partial charge in [0.05, 0.1) is 18.5 Å². The molecule has 0 aliphatic carbocycles. The van der Waals surface area contributed by atoms with Crippen molar-refractivity contribution in [3.8, 4) is 16.3 Å². The van der Waals surface area contributed by atoms with Crippen LogP contribution in [0.4, 0.5) is 5.69 Å². The van der Waals surface area contributed by atoms with Crippen LogP contribution >= 0.6 is 22.9 Å². The first-order chi connectivity index (χ1) is 13.6. The van der Waals surface area contributed by atoms with Crippen LogP contribution in [-0.2, 0) is 16.0 Å². The van der Waals surface area contributed by atoms with Gasteiger partial charge in [-0.1, -0.05) is 35.9 Å². The highest BCUT2D eigenvalue weighted by atomic mass is 35.5. The molecule has 1 aromatic heterocycles. The lowest BCUT2D eigenvalue weighted by molar-refractivity contribution is -0.136. The number of halogens is 1. The fraction of sp³-hybridized carbons (Fsp3) is 0.150. The molecule has 0 saturated heterocycles. The van der Waals surface area contributed by atoms with Crippen molar-refractivity contribution in [2.75, 3.05) is 19.0 Å². The van der Waals surface area contributed by atoms with Crippen LogP contribution in [0.3, 0.4) is 0 Å². The van der Waals surface area contributed by atoms with Gasteiger partial charge in [0.15, 0.2) is 0 Å². The Labute approximate surface area is 171 Å². The predicted octanol–water partition coefficient (Wildman–Crippen LogP) is 3.77. The Bertz CT molecular complexity index is 973. The van der Waals surface area contributed by atoms with Crippen LogP contribution in [0.1, 0.15) is 5.69 Å². The van der Waals surface area contributed by atoms with Gasteiger partial charge in [0.25, 0.3) is 0 Å². The van der Waals surface area contributed by atoms with E-state index in [2.05, 4.69) is 15.6 Å². The molecule has 28 heavy (non-hydrogen) atoms. The molecule has 3 aromatic rings. The van der Waals surface area contributed by atoms with Crippen LogP contribution in [0.2, 0.25) is 5.02 Å². The van der Waals surface area contributed by atoms with Crippen LogP contribution in [0.15, 0.2) is 53.9 Å². The standard InChI is InChI=1S/C20H18ClN3O3S/c1-27-17-5-3-2-4-16(17)24-19(26)18(25)22-11-10-15-12-28-20(23-15)13-6-8-14(21)9-7-13/h2-9,12H,10-11H2,1H3,(H,22,25)(H,24,26). The van der Waals surface area contributed by atoms with Crippen molar-refractivity contribution in [3.05, 3.63) is 64.6 Å². The Morgan fingerprint density at radius 1 is 1.11 bits per heavy atom. The third-order valence-corrected chi connectivity index (χ3v) is 5.06. The van der Waals surface area contributed by atoms with E-state index < -0.39 is 11.8 Å². The molecule has 8 heteroatoms. The van der Waals surface area contributed by atoms with Crippen molar-refractivity contribution in [3.63, 3.8) is 0 Å². The molecule has 0 aliphatic heterocycles. The van der Waals surface area contributed by atoms with Gasteiger partial charge < -0.3 is 15.4 Å². The molecule has 144 valence electrons. The lowest BCUT2D eigenvalue weighted by Gasteiger charge is -2.09. The van der Waals surface area contributed by atoms with Gasteiger partial charge in [0.1, 0.15) is 10.8 Å². The average molecular weight is 416 g/mol. The number of carbonyl (C=O) groups excluding carboxylic acids is 2. The summed E-state index contributed by atoms with van der Waals surface area (Å²) in [5.74, 6) is -0.968. The molecule has 0 atom stereocenters. The quantitative estimate of drug-likeness (QED) is 0.600. The number of rotatable bonds is 6. The van der Waals surface area contributed by atoms with Crippen molar-refractivity contribution < 1.29 is 14.3 Å². The second-order valence-corrected chi connectivity index (χ2v) is 7.11. The monoisotopic (exact) mass is 415 g/mol. The van der Waals surface area contributed by atoms with Gasteiger partial charge in [-0.3, -0.25) is 9.59 Å². The maximum absolute atomic E-state index is 12.0. The Morgan fingerprint density at radius 3 is 2.61 bits per heavy atom. The molecular formula is C20H18ClN3O3S. The highest BCUT2D eigenvalue weighted by molar-refractivity contribution is 7.13. The second kappa shape index (κ2) is 9.34. The van der Waals surface area contributed by atoms with Crippen molar-refractivity contribution in [2.45, 2.75) is 6.42 Å². The Morgan fingerprint density at radius 2 is 1.86 bits per heavy atom. The zero-order chi connectivity index (χ0) is 19.9. The normalized spacial score (nSPS) is 10.4. The van der Waals surface area contributed by atoms with E-state index in [9.17, 15) is 9.59 Å². The Balaban J connectivity index is 1.50. The van der Waals surface area contributed by atoms with E-state index >= 15 is 0 Å². The van der Waals surface area contributed by atoms with Gasteiger partial charge in [-0.15, -0.1) is 11.3 Å². The van der Waals surface area contributed by atoms with Crippen LogP contribution in [0.5, 0.6) is 5.75 Å². The predicted molar refractivity (Wildman–Crippen MR) is 111 cm³/mol. The molecule has 2 N–H and O–H groups in total. The second-order valence-electron chi connectivity index (χ2n) is 5.81. The van der Waals surface area contributed by atoms with Gasteiger partial charge in [0.2, 0.25) is 0 Å². The highest BCUT2D eigenvalue weighted by Crippen LogP contribution is 2.25. The number of aromatic nitrogens is 1. The number of nitrogens with one attached hydrogen (secondary N) is 2. The summed E-state index contributed by atoms with van der Waals surface area (Å²) >= 11 is 7.42. The van der Waals surface area contributed by atoms with E-state index in [-0.39, 0.29) is 0 Å². The molecule has 0 fully saturated rings. The lowest BCUT2D eigenvalue weighted by Crippen LogP contribution is -2.36. The van der Waals surface area contributed by atoms with E-state index in [1.165, 1.54) is 18.4 Å². The van der Waals surface area contributed by atoms with Crippen molar-refractivity contribution in [1.29, 1.82) is 0 Å². The first-order valence-corrected chi connectivity index (χ1v) is 9.75. The molecule has 0 saturated carbocycles. The molecule has 2 aromatic carbocycles. The van der Waals surface area contributed by atoms with Crippen LogP contribution in [0, 0.1) is 0 Å². The van der Waals surface area contributed by atoms with E-state index in [1.807, 2.05) is 29.6 Å². The summed E-state index contributed by atoms with van der Waals surface area (Å²) in [6.45, 7) is 0.308. The van der Waals surface area contributed by atoms with E-state index in [0.29, 0.717) is 29.4 Å². The van der Waals surface area contributed by atoms with E-state index in [1.54, 1.807) is 24.3 Å². The number of carbonyl (C=O) groups is 2. The van der Waals surface area contributed by atoms with Gasteiger partial charge in [-0.25, -0.2) is 4.98 Å². The number of anilines is 1. The minimum absolute atomic E-state index is 0.308. The molecule has 0 bridgehead atoms. The maximum Gasteiger partial charge on any atom is 0.313 e. The molecule has 2 amide bonds. The number of hydrogen-bond acceptors (Lipinski definition) is 5. The highest BCUT2D eigenvalue weighted by Gasteiger charge is 2.15. The lowest BCUT2D eigenvalue weighted by atomic mass is 10.2. The SMILES string of the molecule is COc1ccccc1NC(=O)C(=O)NCCc1csc(-c2ccc(Cl)cc2)n1. The molecule has 0 aliphatic rings. The number of hydrogen-bond donors (Lipinski definition) is 2. The number of amides is 2. The molecule has 3 rings (SSSR count). The third-order valence-electron chi connectivity index (χ3n) is 3.87. The molecule has 1 heterocycles. The summed E-state index contributed by atoms with van der Waals surface area (Å²) in [5, 5.41) is 8.63. The maximum atomic E-state index is 12.0. The summed E-state index contributed by atoms with van der Waals surface area (Å²) in [5.41, 5.74) is 2.28. The van der Waals surface area contributed by atoms with Gasteiger partial charge in [-0.05, 0) is 24.3 Å². The van der Waals surface area contributed by atoms with Crippen molar-refractivity contribution >= 4 is 40.4 Å². The smallest absolute Gasteiger partial charge is 0.313 e. The molecular weight excluding hydrogens is 398 g/mol. The summed E-state index contributed by atoms with van der Waals surface area (Å²) in [6, 6.07) is 14.4. The number of benzene rings is 2. The van der Waals surface area contributed by atoms with Crippen molar-refractivity contribution in [2.24, 2.45) is 0 Å². The first-order valence-electron chi connectivity index (χ1n) is 8.49. The van der Waals surface area contributed by atoms with E-state index in [4.69, 9.17) is 16.3 Å². The fourth-order valence-corrected chi connectivity index (χ4v) is 3.44. The largest absolute Gasteiger partial charge is 0.495 e. The van der Waals surface area contributed by atoms with Crippen LogP contribution in [-0.4, -0.2) is 30.5 Å². The van der Waals surface area contributed by atoms with Gasteiger partial charge in [-0.2, -0.15) is 0 Å². The van der Waals surface area contributed by atoms with Gasteiger partial charge in [0, 0.05) is 28.9 Å². The molecule has 0 spiro atoms. The van der Waals surface area contributed by atoms with Crippen molar-refractivity contribution in [1.82, 2.24) is 10.3 Å². The zero-order valence-electron chi connectivity index (χ0n) is 15.1.